The maximum Gasteiger partial charge on any atom is 0.126 e. The van der Waals surface area contributed by atoms with Gasteiger partial charge in [0.1, 0.15) is 11.6 Å². The molecule has 19 heavy (non-hydrogen) atoms. The van der Waals surface area contributed by atoms with E-state index in [1.54, 1.807) is 25.1 Å². The average molecular weight is 327 g/mol. The number of nitrogens with one attached hydrogen (secondary N) is 1. The first-order valence-electron chi connectivity index (χ1n) is 5.70. The minimum absolute atomic E-state index is 0.295. The Morgan fingerprint density at radius 2 is 1.89 bits per heavy atom. The Labute approximate surface area is 118 Å². The van der Waals surface area contributed by atoms with Gasteiger partial charge in [0.25, 0.3) is 0 Å². The molecule has 0 aliphatic rings. The first kappa shape index (κ1) is 14.1. The van der Waals surface area contributed by atoms with Crippen LogP contribution in [0.4, 0.5) is 8.78 Å². The molecular formula is C14H13BrF2N2. The quantitative estimate of drug-likeness (QED) is 0.668. The highest BCUT2D eigenvalue weighted by Gasteiger charge is 2.16. The van der Waals surface area contributed by atoms with E-state index in [0.717, 1.165) is 5.56 Å². The summed E-state index contributed by atoms with van der Waals surface area (Å²) in [5, 5.41) is 0. The normalized spacial score (nSPS) is 12.5. The number of halogens is 3. The van der Waals surface area contributed by atoms with Gasteiger partial charge < -0.3 is 0 Å². The summed E-state index contributed by atoms with van der Waals surface area (Å²) < 4.78 is 27.3. The number of hydrogen-bond donors (Lipinski definition) is 2. The minimum atomic E-state index is -0.412. The predicted molar refractivity (Wildman–Crippen MR) is 74.4 cm³/mol. The van der Waals surface area contributed by atoms with Gasteiger partial charge in [-0.2, -0.15) is 0 Å². The summed E-state index contributed by atoms with van der Waals surface area (Å²) in [6, 6.07) is 8.80. The molecule has 2 aromatic rings. The summed E-state index contributed by atoms with van der Waals surface area (Å²) in [5.74, 6) is 4.90. The zero-order valence-corrected chi connectivity index (χ0v) is 11.8. The summed E-state index contributed by atoms with van der Waals surface area (Å²) in [6.07, 6.45) is 0. The molecule has 0 heterocycles. The monoisotopic (exact) mass is 326 g/mol. The Hall–Kier alpha value is -1.30. The second-order valence-corrected chi connectivity index (χ2v) is 5.13. The summed E-state index contributed by atoms with van der Waals surface area (Å²) >= 11 is 3.29. The average Bonchev–Trinajstić information content (AvgIpc) is 2.37. The molecule has 0 aliphatic carbocycles. The molecule has 0 spiro atoms. The number of nitrogens with two attached hydrogens (primary N) is 1. The molecule has 0 radical (unpaired) electrons. The van der Waals surface area contributed by atoms with Crippen molar-refractivity contribution in [2.45, 2.75) is 13.0 Å². The molecule has 3 N–H and O–H groups in total. The van der Waals surface area contributed by atoms with Crippen molar-refractivity contribution in [2.24, 2.45) is 5.84 Å². The lowest BCUT2D eigenvalue weighted by Gasteiger charge is -2.19. The standard InChI is InChI=1S/C14H13BrF2N2/c1-8-2-3-9(6-13(8)17)14(19-18)11-5-4-10(16)7-12(11)15/h2-7,14,19H,18H2,1H3. The topological polar surface area (TPSA) is 38.0 Å². The van der Waals surface area contributed by atoms with Gasteiger partial charge in [-0.1, -0.05) is 34.1 Å². The number of hydrazine groups is 1. The van der Waals surface area contributed by atoms with Gasteiger partial charge in [-0.15, -0.1) is 0 Å². The summed E-state index contributed by atoms with van der Waals surface area (Å²) in [7, 11) is 0. The Morgan fingerprint density at radius 1 is 1.16 bits per heavy atom. The van der Waals surface area contributed by atoms with Crippen LogP contribution in [0.3, 0.4) is 0 Å². The molecule has 0 saturated heterocycles. The van der Waals surface area contributed by atoms with Crippen LogP contribution in [0.1, 0.15) is 22.7 Å². The highest BCUT2D eigenvalue weighted by Crippen LogP contribution is 2.29. The molecule has 0 fully saturated rings. The third-order valence-corrected chi connectivity index (χ3v) is 3.66. The second-order valence-electron chi connectivity index (χ2n) is 4.27. The van der Waals surface area contributed by atoms with Crippen molar-refractivity contribution in [3.63, 3.8) is 0 Å². The number of rotatable bonds is 3. The van der Waals surface area contributed by atoms with Crippen molar-refractivity contribution in [1.82, 2.24) is 5.43 Å². The molecule has 0 aromatic heterocycles. The summed E-state index contributed by atoms with van der Waals surface area (Å²) in [5.41, 5.74) is 4.61. The van der Waals surface area contributed by atoms with Crippen molar-refractivity contribution in [3.8, 4) is 0 Å². The van der Waals surface area contributed by atoms with Crippen LogP contribution in [-0.2, 0) is 0 Å². The maximum atomic E-state index is 13.6. The maximum absolute atomic E-state index is 13.6. The van der Waals surface area contributed by atoms with Gasteiger partial charge in [0.05, 0.1) is 6.04 Å². The van der Waals surface area contributed by atoms with Crippen LogP contribution in [-0.4, -0.2) is 0 Å². The zero-order chi connectivity index (χ0) is 14.0. The largest absolute Gasteiger partial charge is 0.271 e. The number of benzene rings is 2. The molecule has 5 heteroatoms. The fourth-order valence-electron chi connectivity index (χ4n) is 1.89. The van der Waals surface area contributed by atoms with E-state index in [1.807, 2.05) is 0 Å². The van der Waals surface area contributed by atoms with Gasteiger partial charge in [-0.05, 0) is 41.8 Å². The fourth-order valence-corrected chi connectivity index (χ4v) is 2.47. The predicted octanol–water partition coefficient (Wildman–Crippen LogP) is 3.59. The van der Waals surface area contributed by atoms with Crippen LogP contribution in [0.25, 0.3) is 0 Å². The molecule has 0 bridgehead atoms. The van der Waals surface area contributed by atoms with Gasteiger partial charge in [0.2, 0.25) is 0 Å². The highest BCUT2D eigenvalue weighted by atomic mass is 79.9. The summed E-state index contributed by atoms with van der Waals surface area (Å²) in [4.78, 5) is 0. The van der Waals surface area contributed by atoms with E-state index in [1.165, 1.54) is 18.2 Å². The molecule has 1 unspecified atom stereocenters. The molecule has 2 aromatic carbocycles. The smallest absolute Gasteiger partial charge is 0.126 e. The molecule has 2 rings (SSSR count). The molecule has 0 aliphatic heterocycles. The lowest BCUT2D eigenvalue weighted by atomic mass is 9.98. The van der Waals surface area contributed by atoms with Crippen LogP contribution < -0.4 is 11.3 Å². The van der Waals surface area contributed by atoms with Crippen molar-refractivity contribution in [2.75, 3.05) is 0 Å². The van der Waals surface area contributed by atoms with E-state index in [4.69, 9.17) is 5.84 Å². The van der Waals surface area contributed by atoms with Gasteiger partial charge in [-0.25, -0.2) is 14.2 Å². The van der Waals surface area contributed by atoms with E-state index in [2.05, 4.69) is 21.4 Å². The Balaban J connectivity index is 2.46. The van der Waals surface area contributed by atoms with Crippen molar-refractivity contribution in [3.05, 3.63) is 69.2 Å². The molecule has 2 nitrogen and oxygen atoms in total. The van der Waals surface area contributed by atoms with Gasteiger partial charge >= 0.3 is 0 Å². The van der Waals surface area contributed by atoms with Gasteiger partial charge in [0, 0.05) is 4.47 Å². The van der Waals surface area contributed by atoms with E-state index in [0.29, 0.717) is 15.6 Å². The molecule has 100 valence electrons. The van der Waals surface area contributed by atoms with E-state index < -0.39 is 6.04 Å². The molecular weight excluding hydrogens is 314 g/mol. The van der Waals surface area contributed by atoms with E-state index in [9.17, 15) is 8.78 Å². The SMILES string of the molecule is Cc1ccc(C(NN)c2ccc(F)cc2Br)cc1F. The zero-order valence-electron chi connectivity index (χ0n) is 10.3. The highest BCUT2D eigenvalue weighted by molar-refractivity contribution is 9.10. The van der Waals surface area contributed by atoms with Crippen LogP contribution in [0.5, 0.6) is 0 Å². The third-order valence-electron chi connectivity index (χ3n) is 2.97. The lowest BCUT2D eigenvalue weighted by molar-refractivity contribution is 0.594. The molecule has 1 atom stereocenters. The fraction of sp³-hybridized carbons (Fsp3) is 0.143. The Kier molecular flexibility index (Phi) is 4.29. The Morgan fingerprint density at radius 3 is 2.47 bits per heavy atom. The van der Waals surface area contributed by atoms with Crippen LogP contribution in [0, 0.1) is 18.6 Å². The van der Waals surface area contributed by atoms with Crippen LogP contribution in [0.2, 0.25) is 0 Å². The minimum Gasteiger partial charge on any atom is -0.271 e. The van der Waals surface area contributed by atoms with Crippen molar-refractivity contribution in [1.29, 1.82) is 0 Å². The van der Waals surface area contributed by atoms with Crippen LogP contribution in [0.15, 0.2) is 40.9 Å². The van der Waals surface area contributed by atoms with Crippen molar-refractivity contribution < 1.29 is 8.78 Å². The van der Waals surface area contributed by atoms with Gasteiger partial charge in [0.15, 0.2) is 0 Å². The third kappa shape index (κ3) is 3.00. The summed E-state index contributed by atoms with van der Waals surface area (Å²) in [6.45, 7) is 1.69. The van der Waals surface area contributed by atoms with E-state index in [-0.39, 0.29) is 11.6 Å². The molecule has 0 amide bonds. The van der Waals surface area contributed by atoms with E-state index >= 15 is 0 Å². The van der Waals surface area contributed by atoms with Crippen LogP contribution >= 0.6 is 15.9 Å². The first-order chi connectivity index (χ1) is 9.02. The lowest BCUT2D eigenvalue weighted by Crippen LogP contribution is -2.29. The number of aryl methyl sites for hydroxylation is 1. The molecule has 0 saturated carbocycles. The number of hydrogen-bond acceptors (Lipinski definition) is 2. The van der Waals surface area contributed by atoms with Gasteiger partial charge in [-0.3, -0.25) is 5.84 Å². The first-order valence-corrected chi connectivity index (χ1v) is 6.49. The Bertz CT molecular complexity index is 602. The second kappa shape index (κ2) is 5.77. The van der Waals surface area contributed by atoms with Crippen molar-refractivity contribution >= 4 is 15.9 Å².